The third-order valence-corrected chi connectivity index (χ3v) is 4.59. The van der Waals surface area contributed by atoms with Crippen LogP contribution < -0.4 is 10.0 Å². The Hall–Kier alpha value is -1.72. The van der Waals surface area contributed by atoms with Gasteiger partial charge < -0.3 is 5.32 Å². The van der Waals surface area contributed by atoms with Crippen LogP contribution in [0.15, 0.2) is 47.4 Å². The Morgan fingerprint density at radius 2 is 1.70 bits per heavy atom. The van der Waals surface area contributed by atoms with Gasteiger partial charge in [0.05, 0.1) is 15.6 Å². The van der Waals surface area contributed by atoms with Crippen molar-refractivity contribution in [3.8, 4) is 0 Å². The Balaban J connectivity index is 2.35. The second-order valence-electron chi connectivity index (χ2n) is 4.31. The zero-order chi connectivity index (χ0) is 14.8. The van der Waals surface area contributed by atoms with Gasteiger partial charge in [-0.25, -0.2) is 8.42 Å². The summed E-state index contributed by atoms with van der Waals surface area (Å²) in [6, 6.07) is 11.7. The number of nitrogens with one attached hydrogen (secondary N) is 2. The van der Waals surface area contributed by atoms with Crippen LogP contribution in [0.5, 0.6) is 0 Å². The molecule has 6 heteroatoms. The van der Waals surface area contributed by atoms with E-state index in [1.807, 2.05) is 0 Å². The van der Waals surface area contributed by atoms with Gasteiger partial charge in [0.1, 0.15) is 0 Å². The molecule has 0 radical (unpaired) electrons. The summed E-state index contributed by atoms with van der Waals surface area (Å²) in [5, 5.41) is 3.31. The fourth-order valence-electron chi connectivity index (χ4n) is 1.76. The van der Waals surface area contributed by atoms with Crippen LogP contribution >= 0.6 is 11.6 Å². The second kappa shape index (κ2) is 5.73. The molecule has 0 heterocycles. The van der Waals surface area contributed by atoms with Gasteiger partial charge in [-0.15, -0.1) is 0 Å². The van der Waals surface area contributed by atoms with Crippen molar-refractivity contribution in [2.45, 2.75) is 11.8 Å². The minimum absolute atomic E-state index is 0.191. The molecule has 0 amide bonds. The van der Waals surface area contributed by atoms with Crippen LogP contribution in [0.2, 0.25) is 5.02 Å². The minimum Gasteiger partial charge on any atom is -0.388 e. The second-order valence-corrected chi connectivity index (χ2v) is 6.40. The number of rotatable bonds is 4. The predicted octanol–water partition coefficient (Wildman–Crippen LogP) is 3.49. The number of para-hydroxylation sites is 1. The summed E-state index contributed by atoms with van der Waals surface area (Å²) in [6.07, 6.45) is 0. The number of hydrogen-bond acceptors (Lipinski definition) is 3. The van der Waals surface area contributed by atoms with Crippen molar-refractivity contribution < 1.29 is 8.42 Å². The van der Waals surface area contributed by atoms with Gasteiger partial charge in [0.15, 0.2) is 0 Å². The highest BCUT2D eigenvalue weighted by Gasteiger charge is 2.16. The van der Waals surface area contributed by atoms with Crippen LogP contribution in [0.3, 0.4) is 0 Å². The average Bonchev–Trinajstić information content (AvgIpc) is 2.43. The van der Waals surface area contributed by atoms with E-state index < -0.39 is 10.0 Å². The first-order valence-electron chi connectivity index (χ1n) is 6.00. The molecule has 0 aliphatic carbocycles. The first-order valence-corrected chi connectivity index (χ1v) is 7.86. The molecule has 106 valence electrons. The summed E-state index contributed by atoms with van der Waals surface area (Å²) in [7, 11) is -1.87. The smallest absolute Gasteiger partial charge is 0.261 e. The summed E-state index contributed by atoms with van der Waals surface area (Å²) < 4.78 is 27.2. The van der Waals surface area contributed by atoms with Crippen molar-refractivity contribution in [1.82, 2.24) is 0 Å². The maximum Gasteiger partial charge on any atom is 0.261 e. The molecule has 0 unspecified atom stereocenters. The highest BCUT2D eigenvalue weighted by molar-refractivity contribution is 7.92. The average molecular weight is 311 g/mol. The first-order chi connectivity index (χ1) is 9.44. The number of aryl methyl sites for hydroxylation is 1. The highest BCUT2D eigenvalue weighted by atomic mass is 35.5. The van der Waals surface area contributed by atoms with E-state index in [1.54, 1.807) is 56.4 Å². The molecule has 0 spiro atoms. The summed E-state index contributed by atoms with van der Waals surface area (Å²) in [5.74, 6) is 0. The summed E-state index contributed by atoms with van der Waals surface area (Å²) >= 11 is 6.03. The lowest BCUT2D eigenvalue weighted by molar-refractivity contribution is 0.601. The van der Waals surface area contributed by atoms with Crippen LogP contribution in [0.4, 0.5) is 11.4 Å². The number of anilines is 2. The molecular formula is C14H15ClN2O2S. The lowest BCUT2D eigenvalue weighted by Crippen LogP contribution is -2.14. The largest absolute Gasteiger partial charge is 0.388 e. The summed E-state index contributed by atoms with van der Waals surface area (Å²) in [4.78, 5) is 0.191. The third-order valence-electron chi connectivity index (χ3n) is 2.91. The van der Waals surface area contributed by atoms with Crippen molar-refractivity contribution >= 4 is 33.0 Å². The first kappa shape index (κ1) is 14.7. The molecular weight excluding hydrogens is 296 g/mol. The topological polar surface area (TPSA) is 58.2 Å². The molecule has 0 aliphatic heterocycles. The van der Waals surface area contributed by atoms with Crippen molar-refractivity contribution in [3.63, 3.8) is 0 Å². The van der Waals surface area contributed by atoms with Crippen LogP contribution in [-0.2, 0) is 10.0 Å². The van der Waals surface area contributed by atoms with E-state index in [2.05, 4.69) is 10.0 Å². The van der Waals surface area contributed by atoms with Gasteiger partial charge in [-0.1, -0.05) is 23.7 Å². The normalized spacial score (nSPS) is 11.2. The lowest BCUT2D eigenvalue weighted by atomic mass is 10.2. The van der Waals surface area contributed by atoms with Crippen molar-refractivity contribution in [1.29, 1.82) is 0 Å². The van der Waals surface area contributed by atoms with Gasteiger partial charge in [0, 0.05) is 12.7 Å². The minimum atomic E-state index is -3.65. The van der Waals surface area contributed by atoms with E-state index in [-0.39, 0.29) is 4.90 Å². The van der Waals surface area contributed by atoms with E-state index in [0.717, 1.165) is 11.3 Å². The van der Waals surface area contributed by atoms with E-state index in [1.165, 1.54) is 0 Å². The number of benzene rings is 2. The lowest BCUT2D eigenvalue weighted by Gasteiger charge is -2.12. The molecule has 0 fully saturated rings. The molecule has 20 heavy (non-hydrogen) atoms. The molecule has 2 N–H and O–H groups in total. The Morgan fingerprint density at radius 3 is 2.25 bits per heavy atom. The number of halogens is 1. The number of sulfonamides is 1. The monoisotopic (exact) mass is 310 g/mol. The van der Waals surface area contributed by atoms with Crippen LogP contribution in [-0.4, -0.2) is 15.5 Å². The third kappa shape index (κ3) is 3.05. The Bertz CT molecular complexity index is 692. The van der Waals surface area contributed by atoms with E-state index >= 15 is 0 Å². The van der Waals surface area contributed by atoms with Crippen molar-refractivity contribution in [2.75, 3.05) is 17.1 Å². The van der Waals surface area contributed by atoms with Crippen LogP contribution in [0.25, 0.3) is 0 Å². The van der Waals surface area contributed by atoms with E-state index in [0.29, 0.717) is 10.7 Å². The molecule has 0 aromatic heterocycles. The molecule has 2 rings (SSSR count). The summed E-state index contributed by atoms with van der Waals surface area (Å²) in [5.41, 5.74) is 2.03. The zero-order valence-corrected chi connectivity index (χ0v) is 12.7. The standard InChI is InChI=1S/C14H15ClN2O2S/c1-10-4-3-5-13(15)14(10)17-20(18,19)12-8-6-11(16-2)7-9-12/h3-9,16-17H,1-2H3. The van der Waals surface area contributed by atoms with Gasteiger partial charge in [-0.05, 0) is 42.8 Å². The van der Waals surface area contributed by atoms with Gasteiger partial charge >= 0.3 is 0 Å². The predicted molar refractivity (Wildman–Crippen MR) is 83.0 cm³/mol. The SMILES string of the molecule is CNc1ccc(S(=O)(=O)Nc2c(C)cccc2Cl)cc1. The van der Waals surface area contributed by atoms with E-state index in [4.69, 9.17) is 11.6 Å². The Morgan fingerprint density at radius 1 is 1.05 bits per heavy atom. The Labute approximate surface area is 123 Å². The van der Waals surface area contributed by atoms with Gasteiger partial charge in [0.25, 0.3) is 10.0 Å². The fraction of sp³-hybridized carbons (Fsp3) is 0.143. The van der Waals surface area contributed by atoms with E-state index in [9.17, 15) is 8.42 Å². The fourth-order valence-corrected chi connectivity index (χ4v) is 3.23. The molecule has 0 bridgehead atoms. The maximum absolute atomic E-state index is 12.3. The molecule has 0 atom stereocenters. The molecule has 2 aromatic carbocycles. The van der Waals surface area contributed by atoms with Gasteiger partial charge in [0.2, 0.25) is 0 Å². The summed E-state index contributed by atoms with van der Waals surface area (Å²) in [6.45, 7) is 1.80. The van der Waals surface area contributed by atoms with Crippen molar-refractivity contribution in [3.05, 3.63) is 53.1 Å². The Kier molecular flexibility index (Phi) is 4.20. The molecule has 4 nitrogen and oxygen atoms in total. The molecule has 0 saturated carbocycles. The quantitative estimate of drug-likeness (QED) is 0.909. The molecule has 0 aliphatic rings. The van der Waals surface area contributed by atoms with Gasteiger partial charge in [-0.2, -0.15) is 0 Å². The van der Waals surface area contributed by atoms with Crippen LogP contribution in [0.1, 0.15) is 5.56 Å². The highest BCUT2D eigenvalue weighted by Crippen LogP contribution is 2.28. The molecule has 2 aromatic rings. The number of hydrogen-bond donors (Lipinski definition) is 2. The zero-order valence-electron chi connectivity index (χ0n) is 11.1. The van der Waals surface area contributed by atoms with Gasteiger partial charge in [-0.3, -0.25) is 4.72 Å². The molecule has 0 saturated heterocycles. The van der Waals surface area contributed by atoms with Crippen molar-refractivity contribution in [2.24, 2.45) is 0 Å². The van der Waals surface area contributed by atoms with Crippen LogP contribution in [0, 0.1) is 6.92 Å². The maximum atomic E-state index is 12.3.